The van der Waals surface area contributed by atoms with Crippen molar-refractivity contribution in [3.8, 4) is 0 Å². The molecule has 0 saturated carbocycles. The lowest BCUT2D eigenvalue weighted by atomic mass is 10.1. The van der Waals surface area contributed by atoms with Crippen LogP contribution in [0.2, 0.25) is 0 Å². The van der Waals surface area contributed by atoms with E-state index in [9.17, 15) is 4.79 Å². The number of thiophene rings is 1. The number of nitrogens with zero attached hydrogens (tertiary/aromatic N) is 1. The van der Waals surface area contributed by atoms with Gasteiger partial charge in [-0.15, -0.1) is 11.3 Å². The number of nitrogen functional groups attached to an aromatic ring is 1. The lowest BCUT2D eigenvalue weighted by molar-refractivity contribution is 0.0955. The fourth-order valence-electron chi connectivity index (χ4n) is 2.44. The van der Waals surface area contributed by atoms with E-state index in [0.717, 1.165) is 30.1 Å². The quantitative estimate of drug-likeness (QED) is 0.501. The van der Waals surface area contributed by atoms with E-state index in [1.165, 1.54) is 43.4 Å². The monoisotopic (exact) mass is 267 g/mol. The van der Waals surface area contributed by atoms with Crippen molar-refractivity contribution in [3.05, 3.63) is 21.9 Å². The number of carbonyl (C=O) groups is 1. The van der Waals surface area contributed by atoms with Gasteiger partial charge in [-0.2, -0.15) is 0 Å². The number of nitrogens with one attached hydrogen (secondary N) is 1. The Kier molecular flexibility index (Phi) is 5.16. The van der Waals surface area contributed by atoms with Crippen LogP contribution in [0.3, 0.4) is 0 Å². The van der Waals surface area contributed by atoms with Gasteiger partial charge in [-0.25, -0.2) is 5.84 Å². The number of hydrogen-bond acceptors (Lipinski definition) is 4. The predicted octanol–water partition coefficient (Wildman–Crippen LogP) is 2.12. The molecule has 1 amide bonds. The summed E-state index contributed by atoms with van der Waals surface area (Å²) >= 11 is 1.46. The highest BCUT2D eigenvalue weighted by molar-refractivity contribution is 7.12. The Labute approximate surface area is 112 Å². The Balaban J connectivity index is 1.99. The van der Waals surface area contributed by atoms with E-state index in [4.69, 9.17) is 5.84 Å². The Morgan fingerprint density at radius 1 is 1.28 bits per heavy atom. The van der Waals surface area contributed by atoms with Crippen LogP contribution in [0.5, 0.6) is 0 Å². The van der Waals surface area contributed by atoms with Crippen LogP contribution in [0.15, 0.2) is 11.4 Å². The van der Waals surface area contributed by atoms with Crippen LogP contribution < -0.4 is 11.3 Å². The lowest BCUT2D eigenvalue weighted by Gasteiger charge is -2.24. The van der Waals surface area contributed by atoms with E-state index in [1.54, 1.807) is 0 Å². The summed E-state index contributed by atoms with van der Waals surface area (Å²) in [4.78, 5) is 14.8. The van der Waals surface area contributed by atoms with Gasteiger partial charge >= 0.3 is 0 Å². The first-order valence-corrected chi connectivity index (χ1v) is 7.49. The summed E-state index contributed by atoms with van der Waals surface area (Å²) in [6, 6.07) is 2.04. The Morgan fingerprint density at radius 2 is 1.94 bits per heavy atom. The second-order valence-electron chi connectivity index (χ2n) is 4.79. The number of hydrogen-bond donors (Lipinski definition) is 2. The zero-order valence-corrected chi connectivity index (χ0v) is 11.5. The molecule has 4 nitrogen and oxygen atoms in total. The zero-order valence-electron chi connectivity index (χ0n) is 10.7. The van der Waals surface area contributed by atoms with Crippen LogP contribution in [0, 0.1) is 0 Å². The van der Waals surface area contributed by atoms with Gasteiger partial charge in [-0.05, 0) is 42.9 Å². The van der Waals surface area contributed by atoms with Gasteiger partial charge in [-0.1, -0.05) is 19.3 Å². The molecule has 100 valence electrons. The molecule has 0 radical (unpaired) electrons. The van der Waals surface area contributed by atoms with E-state index in [2.05, 4.69) is 10.3 Å². The van der Waals surface area contributed by atoms with Crippen molar-refractivity contribution in [2.24, 2.45) is 5.84 Å². The third-order valence-corrected chi connectivity index (χ3v) is 4.38. The summed E-state index contributed by atoms with van der Waals surface area (Å²) in [5, 5.41) is 1.96. The number of carbonyl (C=O) groups excluding carboxylic acids is 1. The van der Waals surface area contributed by atoms with E-state index in [-0.39, 0.29) is 5.91 Å². The molecular weight excluding hydrogens is 246 g/mol. The Hall–Kier alpha value is -0.910. The van der Waals surface area contributed by atoms with Gasteiger partial charge < -0.3 is 0 Å². The molecule has 1 aliphatic rings. The molecule has 1 fully saturated rings. The molecule has 0 atom stereocenters. The average Bonchev–Trinajstić information content (AvgIpc) is 2.79. The first-order valence-electron chi connectivity index (χ1n) is 6.61. The second kappa shape index (κ2) is 6.87. The summed E-state index contributed by atoms with van der Waals surface area (Å²) in [5.41, 5.74) is 3.32. The summed E-state index contributed by atoms with van der Waals surface area (Å²) in [6.07, 6.45) is 6.56. The zero-order chi connectivity index (χ0) is 12.8. The molecule has 1 aromatic heterocycles. The second-order valence-corrected chi connectivity index (χ2v) is 5.71. The molecular formula is C13H21N3OS. The minimum absolute atomic E-state index is 0.174. The van der Waals surface area contributed by atoms with Gasteiger partial charge in [-0.3, -0.25) is 15.1 Å². The average molecular weight is 267 g/mol. The fourth-order valence-corrected chi connectivity index (χ4v) is 3.26. The molecule has 0 aromatic carbocycles. The SMILES string of the molecule is NNC(=O)c1sccc1CN1CCCCCCC1. The van der Waals surface area contributed by atoms with Crippen molar-refractivity contribution in [1.82, 2.24) is 10.3 Å². The summed E-state index contributed by atoms with van der Waals surface area (Å²) < 4.78 is 0. The van der Waals surface area contributed by atoms with Crippen LogP contribution in [0.1, 0.15) is 47.3 Å². The summed E-state index contributed by atoms with van der Waals surface area (Å²) in [7, 11) is 0. The van der Waals surface area contributed by atoms with E-state index in [0.29, 0.717) is 0 Å². The molecule has 2 rings (SSSR count). The number of nitrogens with two attached hydrogens (primary N) is 1. The highest BCUT2D eigenvalue weighted by Crippen LogP contribution is 2.20. The molecule has 0 aliphatic carbocycles. The van der Waals surface area contributed by atoms with Crippen molar-refractivity contribution in [2.75, 3.05) is 13.1 Å². The molecule has 5 heteroatoms. The van der Waals surface area contributed by atoms with Gasteiger partial charge in [0.25, 0.3) is 5.91 Å². The number of hydrazine groups is 1. The van der Waals surface area contributed by atoms with E-state index < -0.39 is 0 Å². The first-order chi connectivity index (χ1) is 8.81. The van der Waals surface area contributed by atoms with Crippen molar-refractivity contribution in [2.45, 2.75) is 38.6 Å². The Bertz CT molecular complexity index is 383. The summed E-state index contributed by atoms with van der Waals surface area (Å²) in [6.45, 7) is 3.14. The van der Waals surface area contributed by atoms with Crippen LogP contribution in [-0.4, -0.2) is 23.9 Å². The standard InChI is InChI=1S/C13H21N3OS/c14-15-13(17)12-11(6-9-18-12)10-16-7-4-2-1-3-5-8-16/h6,9H,1-5,7-8,10,14H2,(H,15,17). The minimum atomic E-state index is -0.174. The van der Waals surface area contributed by atoms with Gasteiger partial charge in [0.05, 0.1) is 4.88 Å². The van der Waals surface area contributed by atoms with E-state index >= 15 is 0 Å². The van der Waals surface area contributed by atoms with Crippen LogP contribution in [0.25, 0.3) is 0 Å². The normalized spacial score (nSPS) is 18.1. The fraction of sp³-hybridized carbons (Fsp3) is 0.615. The van der Waals surface area contributed by atoms with Crippen molar-refractivity contribution >= 4 is 17.2 Å². The molecule has 1 aromatic rings. The van der Waals surface area contributed by atoms with Crippen molar-refractivity contribution in [1.29, 1.82) is 0 Å². The van der Waals surface area contributed by atoms with E-state index in [1.807, 2.05) is 11.4 Å². The first kappa shape index (κ1) is 13.5. The molecule has 3 N–H and O–H groups in total. The van der Waals surface area contributed by atoms with Crippen LogP contribution in [0.4, 0.5) is 0 Å². The molecule has 0 bridgehead atoms. The van der Waals surface area contributed by atoms with Crippen LogP contribution >= 0.6 is 11.3 Å². The molecule has 1 saturated heterocycles. The number of amides is 1. The highest BCUT2D eigenvalue weighted by atomic mass is 32.1. The molecule has 0 spiro atoms. The molecule has 1 aliphatic heterocycles. The summed E-state index contributed by atoms with van der Waals surface area (Å²) in [5.74, 6) is 5.03. The van der Waals surface area contributed by atoms with Crippen molar-refractivity contribution < 1.29 is 4.79 Å². The number of rotatable bonds is 3. The minimum Gasteiger partial charge on any atom is -0.299 e. The third kappa shape index (κ3) is 3.54. The topological polar surface area (TPSA) is 58.4 Å². The molecule has 2 heterocycles. The van der Waals surface area contributed by atoms with Gasteiger partial charge in [0.15, 0.2) is 0 Å². The number of likely N-dealkylation sites (tertiary alicyclic amines) is 1. The molecule has 0 unspecified atom stereocenters. The van der Waals surface area contributed by atoms with Crippen molar-refractivity contribution in [3.63, 3.8) is 0 Å². The highest BCUT2D eigenvalue weighted by Gasteiger charge is 2.15. The third-order valence-electron chi connectivity index (χ3n) is 3.43. The predicted molar refractivity (Wildman–Crippen MR) is 74.3 cm³/mol. The maximum Gasteiger partial charge on any atom is 0.275 e. The lowest BCUT2D eigenvalue weighted by Crippen LogP contribution is -2.31. The maximum atomic E-state index is 11.6. The van der Waals surface area contributed by atoms with Gasteiger partial charge in [0.1, 0.15) is 0 Å². The van der Waals surface area contributed by atoms with Crippen LogP contribution in [-0.2, 0) is 6.54 Å². The Morgan fingerprint density at radius 3 is 2.61 bits per heavy atom. The van der Waals surface area contributed by atoms with Gasteiger partial charge in [0, 0.05) is 6.54 Å². The van der Waals surface area contributed by atoms with Gasteiger partial charge in [0.2, 0.25) is 0 Å². The smallest absolute Gasteiger partial charge is 0.275 e. The molecule has 18 heavy (non-hydrogen) atoms. The maximum absolute atomic E-state index is 11.6. The largest absolute Gasteiger partial charge is 0.299 e.